The fourth-order valence-corrected chi connectivity index (χ4v) is 1.37. The van der Waals surface area contributed by atoms with Crippen molar-refractivity contribution in [3.63, 3.8) is 0 Å². The van der Waals surface area contributed by atoms with Crippen molar-refractivity contribution in [2.24, 2.45) is 0 Å². The summed E-state index contributed by atoms with van der Waals surface area (Å²) in [5, 5.41) is 29.4. The first-order valence-electron chi connectivity index (χ1n) is 4.58. The fourth-order valence-electron chi connectivity index (χ4n) is 1.15. The molecule has 0 saturated heterocycles. The van der Waals surface area contributed by atoms with Crippen LogP contribution in [-0.4, -0.2) is 32.1 Å². The summed E-state index contributed by atoms with van der Waals surface area (Å²) in [6.45, 7) is 0. The van der Waals surface area contributed by atoms with Crippen LogP contribution in [0, 0.1) is 10.1 Å². The van der Waals surface area contributed by atoms with Gasteiger partial charge < -0.3 is 10.2 Å². The lowest BCUT2D eigenvalue weighted by Gasteiger charge is -2.15. The van der Waals surface area contributed by atoms with E-state index in [4.69, 9.17) is 11.6 Å². The van der Waals surface area contributed by atoms with Gasteiger partial charge in [0.05, 0.1) is 16.7 Å². The van der Waals surface area contributed by atoms with E-state index in [1.165, 1.54) is 12.1 Å². The number of hydrogen-bond acceptors (Lipinski definition) is 5. The van der Waals surface area contributed by atoms with Crippen molar-refractivity contribution in [2.75, 3.05) is 5.88 Å². The van der Waals surface area contributed by atoms with Gasteiger partial charge in [0, 0.05) is 11.9 Å². The minimum absolute atomic E-state index is 0.164. The predicted molar refractivity (Wildman–Crippen MR) is 57.2 cm³/mol. The van der Waals surface area contributed by atoms with E-state index in [9.17, 15) is 20.3 Å². The summed E-state index contributed by atoms with van der Waals surface area (Å²) in [4.78, 5) is 13.5. The number of aliphatic hydroxyl groups is 2. The number of hydrogen-bond donors (Lipinski definition) is 2. The molecule has 16 heavy (non-hydrogen) atoms. The largest absolute Gasteiger partial charge is 0.390 e. The number of alkyl halides is 1. The Morgan fingerprint density at radius 3 is 2.62 bits per heavy atom. The van der Waals surface area contributed by atoms with Gasteiger partial charge in [0.2, 0.25) is 0 Å². The SMILES string of the molecule is O=[N+]([O-])c1ccc(C(O)C(O)CCCl)nc1. The molecule has 0 spiro atoms. The fraction of sp³-hybridized carbons (Fsp3) is 0.444. The summed E-state index contributed by atoms with van der Waals surface area (Å²) in [6.07, 6.45) is -0.945. The third-order valence-corrected chi connectivity index (χ3v) is 2.27. The zero-order valence-electron chi connectivity index (χ0n) is 8.28. The Kier molecular flexibility index (Phi) is 4.60. The number of halogens is 1. The summed E-state index contributed by atoms with van der Waals surface area (Å²) < 4.78 is 0. The summed E-state index contributed by atoms with van der Waals surface area (Å²) in [7, 11) is 0. The second kappa shape index (κ2) is 5.74. The second-order valence-electron chi connectivity index (χ2n) is 3.19. The van der Waals surface area contributed by atoms with Gasteiger partial charge in [-0.1, -0.05) is 0 Å². The summed E-state index contributed by atoms with van der Waals surface area (Å²) in [6, 6.07) is 2.53. The Hall–Kier alpha value is -1.24. The van der Waals surface area contributed by atoms with Crippen molar-refractivity contribution < 1.29 is 15.1 Å². The third-order valence-electron chi connectivity index (χ3n) is 2.05. The van der Waals surface area contributed by atoms with Gasteiger partial charge in [0.1, 0.15) is 12.3 Å². The van der Waals surface area contributed by atoms with Crippen molar-refractivity contribution in [1.29, 1.82) is 0 Å². The molecule has 0 amide bonds. The summed E-state index contributed by atoms with van der Waals surface area (Å²) in [5.74, 6) is 0.214. The van der Waals surface area contributed by atoms with Crippen LogP contribution in [0.5, 0.6) is 0 Å². The maximum atomic E-state index is 10.4. The zero-order valence-corrected chi connectivity index (χ0v) is 9.04. The minimum Gasteiger partial charge on any atom is -0.390 e. The van der Waals surface area contributed by atoms with Crippen LogP contribution in [-0.2, 0) is 0 Å². The van der Waals surface area contributed by atoms with Crippen LogP contribution < -0.4 is 0 Å². The van der Waals surface area contributed by atoms with Crippen molar-refractivity contribution in [2.45, 2.75) is 18.6 Å². The van der Waals surface area contributed by atoms with Crippen molar-refractivity contribution in [3.05, 3.63) is 34.1 Å². The lowest BCUT2D eigenvalue weighted by molar-refractivity contribution is -0.385. The average molecular weight is 247 g/mol. The van der Waals surface area contributed by atoms with Crippen molar-refractivity contribution in [3.8, 4) is 0 Å². The van der Waals surface area contributed by atoms with Gasteiger partial charge in [-0.2, -0.15) is 0 Å². The first kappa shape index (κ1) is 12.8. The first-order valence-corrected chi connectivity index (χ1v) is 5.12. The van der Waals surface area contributed by atoms with Crippen LogP contribution in [0.4, 0.5) is 5.69 Å². The standard InChI is InChI=1S/C9H11ClN2O4/c10-4-3-8(13)9(14)7-2-1-6(5-11-7)12(15)16/h1-2,5,8-9,13-14H,3-4H2. The Balaban J connectivity index is 2.77. The van der Waals surface area contributed by atoms with Crippen LogP contribution in [0.3, 0.4) is 0 Å². The molecule has 2 atom stereocenters. The number of aliphatic hydroxyl groups excluding tert-OH is 2. The molecule has 1 rings (SSSR count). The first-order chi connectivity index (χ1) is 7.56. The number of rotatable bonds is 5. The normalized spacial score (nSPS) is 14.4. The number of nitrogens with zero attached hydrogens (tertiary/aromatic N) is 2. The maximum absolute atomic E-state index is 10.4. The molecule has 0 aliphatic carbocycles. The summed E-state index contributed by atoms with van der Waals surface area (Å²) >= 11 is 5.41. The smallest absolute Gasteiger partial charge is 0.287 e. The molecule has 0 aliphatic rings. The molecule has 0 radical (unpaired) electrons. The van der Waals surface area contributed by atoms with E-state index in [0.29, 0.717) is 0 Å². The Morgan fingerprint density at radius 2 is 2.19 bits per heavy atom. The molecule has 2 N–H and O–H groups in total. The van der Waals surface area contributed by atoms with Crippen LogP contribution in [0.25, 0.3) is 0 Å². The third kappa shape index (κ3) is 3.13. The van der Waals surface area contributed by atoms with Crippen LogP contribution >= 0.6 is 11.6 Å². The average Bonchev–Trinajstić information content (AvgIpc) is 2.28. The van der Waals surface area contributed by atoms with E-state index in [0.717, 1.165) is 6.20 Å². The molecule has 1 aromatic heterocycles. The highest BCUT2D eigenvalue weighted by atomic mass is 35.5. The topological polar surface area (TPSA) is 96.5 Å². The molecule has 0 aromatic carbocycles. The number of aromatic nitrogens is 1. The highest BCUT2D eigenvalue weighted by Crippen LogP contribution is 2.19. The van der Waals surface area contributed by atoms with Crippen LogP contribution in [0.2, 0.25) is 0 Å². The van der Waals surface area contributed by atoms with Gasteiger partial charge in [-0.15, -0.1) is 11.6 Å². The highest BCUT2D eigenvalue weighted by Gasteiger charge is 2.19. The molecule has 2 unspecified atom stereocenters. The van der Waals surface area contributed by atoms with Gasteiger partial charge in [-0.3, -0.25) is 15.1 Å². The van der Waals surface area contributed by atoms with E-state index < -0.39 is 17.1 Å². The van der Waals surface area contributed by atoms with Gasteiger partial charge in [0.15, 0.2) is 0 Å². The molecule has 0 saturated carbocycles. The molecule has 7 heteroatoms. The molecule has 1 aromatic rings. The van der Waals surface area contributed by atoms with E-state index in [2.05, 4.69) is 4.98 Å². The van der Waals surface area contributed by atoms with Crippen molar-refractivity contribution in [1.82, 2.24) is 4.98 Å². The van der Waals surface area contributed by atoms with Crippen molar-refractivity contribution >= 4 is 17.3 Å². The van der Waals surface area contributed by atoms with E-state index in [-0.39, 0.29) is 23.7 Å². The molecule has 1 heterocycles. The van der Waals surface area contributed by atoms with Crippen LogP contribution in [0.1, 0.15) is 18.2 Å². The number of nitro groups is 1. The summed E-state index contributed by atoms with van der Waals surface area (Å²) in [5.41, 5.74) is 0.0194. The van der Waals surface area contributed by atoms with E-state index in [1.807, 2.05) is 0 Å². The Labute approximate surface area is 96.7 Å². The van der Waals surface area contributed by atoms with E-state index in [1.54, 1.807) is 0 Å². The Bertz CT molecular complexity index is 357. The Morgan fingerprint density at radius 1 is 1.50 bits per heavy atom. The predicted octanol–water partition coefficient (Wildman–Crippen LogP) is 1.01. The maximum Gasteiger partial charge on any atom is 0.287 e. The van der Waals surface area contributed by atoms with Gasteiger partial charge in [0.25, 0.3) is 5.69 Å². The monoisotopic (exact) mass is 246 g/mol. The minimum atomic E-state index is -1.18. The van der Waals surface area contributed by atoms with Gasteiger partial charge in [-0.05, 0) is 12.5 Å². The molecule has 0 aliphatic heterocycles. The van der Waals surface area contributed by atoms with Gasteiger partial charge >= 0.3 is 0 Å². The number of pyridine rings is 1. The molecule has 6 nitrogen and oxygen atoms in total. The highest BCUT2D eigenvalue weighted by molar-refractivity contribution is 6.17. The molecular weight excluding hydrogens is 236 g/mol. The van der Waals surface area contributed by atoms with Gasteiger partial charge in [-0.25, -0.2) is 0 Å². The molecular formula is C9H11ClN2O4. The molecule has 0 bridgehead atoms. The second-order valence-corrected chi connectivity index (χ2v) is 3.57. The molecule has 0 fully saturated rings. The lowest BCUT2D eigenvalue weighted by atomic mass is 10.1. The molecule has 88 valence electrons. The van der Waals surface area contributed by atoms with E-state index >= 15 is 0 Å². The lowest BCUT2D eigenvalue weighted by Crippen LogP contribution is -2.19. The van der Waals surface area contributed by atoms with Crippen LogP contribution in [0.15, 0.2) is 18.3 Å². The quantitative estimate of drug-likeness (QED) is 0.459. The zero-order chi connectivity index (χ0) is 12.1.